The second-order valence-corrected chi connectivity index (χ2v) is 8.30. The van der Waals surface area contributed by atoms with Crippen LogP contribution >= 0.6 is 0 Å². The second-order valence-electron chi connectivity index (χ2n) is 8.30. The van der Waals surface area contributed by atoms with E-state index in [4.69, 9.17) is 14.3 Å². The highest BCUT2D eigenvalue weighted by molar-refractivity contribution is 5.64. The third kappa shape index (κ3) is 6.63. The van der Waals surface area contributed by atoms with Gasteiger partial charge < -0.3 is 19.4 Å². The van der Waals surface area contributed by atoms with Crippen LogP contribution in [-0.2, 0) is 16.1 Å². The minimum Gasteiger partial charge on any atom is -0.497 e. The molecule has 0 amide bonds. The fourth-order valence-corrected chi connectivity index (χ4v) is 4.52. The highest BCUT2D eigenvalue weighted by Gasteiger charge is 2.37. The van der Waals surface area contributed by atoms with Gasteiger partial charge in [0, 0.05) is 12.5 Å². The lowest BCUT2D eigenvalue weighted by atomic mass is 10.0. The van der Waals surface area contributed by atoms with E-state index in [-0.39, 0.29) is 18.2 Å². The number of carbonyl (C=O) groups excluding carboxylic acids is 1. The van der Waals surface area contributed by atoms with E-state index in [2.05, 4.69) is 41.3 Å². The predicted octanol–water partition coefficient (Wildman–Crippen LogP) is 4.46. The molecular weight excluding hydrogens is 390 g/mol. The van der Waals surface area contributed by atoms with Crippen LogP contribution in [0.1, 0.15) is 44.6 Å². The Kier molecular flexibility index (Phi) is 9.07. The number of aliphatic hydroxyl groups excluding tert-OH is 1. The highest BCUT2D eigenvalue weighted by Crippen LogP contribution is 2.30. The van der Waals surface area contributed by atoms with Crippen molar-refractivity contribution in [2.24, 2.45) is 0 Å². The van der Waals surface area contributed by atoms with Crippen molar-refractivity contribution in [2.75, 3.05) is 20.2 Å². The van der Waals surface area contributed by atoms with Gasteiger partial charge in [0.05, 0.1) is 25.9 Å². The number of rotatable bonds is 6. The molecule has 5 heteroatoms. The molecule has 4 rings (SSSR count). The van der Waals surface area contributed by atoms with Gasteiger partial charge in [0.2, 0.25) is 0 Å². The maximum absolute atomic E-state index is 10.5. The number of nitrogens with zero attached hydrogens (tertiary/aromatic N) is 1. The summed E-state index contributed by atoms with van der Waals surface area (Å²) in [6.45, 7) is 4.30. The third-order valence-corrected chi connectivity index (χ3v) is 6.18. The number of hydrogen-bond acceptors (Lipinski definition) is 5. The highest BCUT2D eigenvalue weighted by atomic mass is 16.5. The number of aldehydes is 1. The van der Waals surface area contributed by atoms with Crippen LogP contribution in [0, 0.1) is 0 Å². The van der Waals surface area contributed by atoms with Crippen LogP contribution in [0.25, 0.3) is 11.1 Å². The molecule has 0 unspecified atom stereocenters. The van der Waals surface area contributed by atoms with Gasteiger partial charge in [-0.25, -0.2) is 0 Å². The zero-order valence-corrected chi connectivity index (χ0v) is 18.7. The Morgan fingerprint density at radius 3 is 2.13 bits per heavy atom. The first-order valence-electron chi connectivity index (χ1n) is 11.3. The molecule has 2 aromatic rings. The van der Waals surface area contributed by atoms with E-state index >= 15 is 0 Å². The van der Waals surface area contributed by atoms with Crippen LogP contribution in [0.5, 0.6) is 5.75 Å². The number of hydrogen-bond donors (Lipinski definition) is 1. The van der Waals surface area contributed by atoms with Crippen molar-refractivity contribution in [2.45, 2.75) is 63.9 Å². The van der Waals surface area contributed by atoms with Gasteiger partial charge in [0.25, 0.3) is 0 Å². The molecule has 3 atom stereocenters. The summed E-state index contributed by atoms with van der Waals surface area (Å²) in [4.78, 5) is 11.3. The third-order valence-electron chi connectivity index (χ3n) is 6.18. The Bertz CT molecular complexity index is 784. The van der Waals surface area contributed by atoms with Crippen molar-refractivity contribution in [3.05, 3.63) is 54.1 Å². The molecule has 1 heterocycles. The van der Waals surface area contributed by atoms with E-state index in [1.54, 1.807) is 7.11 Å². The number of ether oxygens (including phenoxy) is 2. The fraction of sp³-hybridized carbons (Fsp3) is 0.500. The first-order chi connectivity index (χ1) is 15.1. The molecule has 2 aromatic carbocycles. The van der Waals surface area contributed by atoms with Gasteiger partial charge in [0.1, 0.15) is 12.0 Å². The van der Waals surface area contributed by atoms with Crippen LogP contribution < -0.4 is 4.74 Å². The molecule has 1 aliphatic heterocycles. The van der Waals surface area contributed by atoms with E-state index in [1.807, 2.05) is 12.1 Å². The van der Waals surface area contributed by atoms with Gasteiger partial charge in [-0.2, -0.15) is 0 Å². The smallest absolute Gasteiger partial charge is 0.118 e. The van der Waals surface area contributed by atoms with Crippen LogP contribution in [0.3, 0.4) is 0 Å². The number of carbonyl (C=O) groups is 1. The SMILES string of the molecule is CC=O.COc1ccc(-c2ccc(CO[C@@H]3C[C@@H](N4CCCCC4)[C@@H](O)C3)cc2)cc1. The van der Waals surface area contributed by atoms with Gasteiger partial charge in [-0.15, -0.1) is 0 Å². The Morgan fingerprint density at radius 1 is 0.968 bits per heavy atom. The van der Waals surface area contributed by atoms with Crippen LogP contribution in [0.4, 0.5) is 0 Å². The van der Waals surface area contributed by atoms with Crippen molar-refractivity contribution >= 4 is 6.29 Å². The molecule has 1 saturated carbocycles. The van der Waals surface area contributed by atoms with E-state index in [0.29, 0.717) is 6.61 Å². The summed E-state index contributed by atoms with van der Waals surface area (Å²) in [7, 11) is 1.68. The number of likely N-dealkylation sites (tertiary alicyclic amines) is 1. The van der Waals surface area contributed by atoms with E-state index in [1.165, 1.54) is 42.9 Å². The number of methoxy groups -OCH3 is 1. The molecule has 0 spiro atoms. The maximum Gasteiger partial charge on any atom is 0.118 e. The average Bonchev–Trinajstić information content (AvgIpc) is 3.20. The van der Waals surface area contributed by atoms with Crippen molar-refractivity contribution in [3.63, 3.8) is 0 Å². The number of aliphatic hydroxyl groups is 1. The molecule has 2 fully saturated rings. The fourth-order valence-electron chi connectivity index (χ4n) is 4.52. The van der Waals surface area contributed by atoms with Crippen molar-refractivity contribution in [3.8, 4) is 16.9 Å². The monoisotopic (exact) mass is 425 g/mol. The van der Waals surface area contributed by atoms with Gasteiger partial charge in [-0.05, 0) is 68.1 Å². The second kappa shape index (κ2) is 12.0. The maximum atomic E-state index is 10.5. The normalized spacial score (nSPS) is 23.6. The Morgan fingerprint density at radius 2 is 1.55 bits per heavy atom. The van der Waals surface area contributed by atoms with E-state index < -0.39 is 0 Å². The molecule has 2 aliphatic rings. The zero-order valence-electron chi connectivity index (χ0n) is 18.7. The van der Waals surface area contributed by atoms with Gasteiger partial charge in [0.15, 0.2) is 0 Å². The lowest BCUT2D eigenvalue weighted by Crippen LogP contribution is -2.43. The number of benzene rings is 2. The van der Waals surface area contributed by atoms with Crippen LogP contribution in [0.2, 0.25) is 0 Å². The minimum absolute atomic E-state index is 0.156. The summed E-state index contributed by atoms with van der Waals surface area (Å²) in [6.07, 6.45) is 6.20. The molecule has 0 aromatic heterocycles. The summed E-state index contributed by atoms with van der Waals surface area (Å²) >= 11 is 0. The van der Waals surface area contributed by atoms with Gasteiger partial charge in [-0.1, -0.05) is 42.8 Å². The molecular formula is C26H35NO4. The largest absolute Gasteiger partial charge is 0.497 e. The molecule has 31 heavy (non-hydrogen) atoms. The first-order valence-corrected chi connectivity index (χ1v) is 11.3. The van der Waals surface area contributed by atoms with Gasteiger partial charge >= 0.3 is 0 Å². The standard InChI is InChI=1S/C24H31NO3.C2H4O/c1-27-21-11-9-20(10-12-21)19-7-5-18(6-8-19)17-28-22-15-23(24(26)16-22)25-13-3-2-4-14-25;1-2-3/h5-12,22-24,26H,2-4,13-17H2,1H3;2H,1H3/t22-,23-,24+;/m1./s1. The molecule has 168 valence electrons. The van der Waals surface area contributed by atoms with Crippen molar-refractivity contribution in [1.29, 1.82) is 0 Å². The minimum atomic E-state index is -0.249. The summed E-state index contributed by atoms with van der Waals surface area (Å²) in [6, 6.07) is 16.9. The summed E-state index contributed by atoms with van der Waals surface area (Å²) in [5, 5.41) is 10.5. The molecule has 1 saturated heterocycles. The zero-order chi connectivity index (χ0) is 22.1. The van der Waals surface area contributed by atoms with Crippen molar-refractivity contribution in [1.82, 2.24) is 4.90 Å². The average molecular weight is 426 g/mol. The van der Waals surface area contributed by atoms with Crippen LogP contribution in [-0.4, -0.2) is 54.7 Å². The molecule has 0 bridgehead atoms. The summed E-state index contributed by atoms with van der Waals surface area (Å²) < 4.78 is 11.4. The molecule has 0 radical (unpaired) electrons. The first kappa shape index (κ1) is 23.5. The predicted molar refractivity (Wildman–Crippen MR) is 123 cm³/mol. The van der Waals surface area contributed by atoms with Gasteiger partial charge in [-0.3, -0.25) is 4.90 Å². The lowest BCUT2D eigenvalue weighted by molar-refractivity contribution is -0.106. The van der Waals surface area contributed by atoms with Crippen molar-refractivity contribution < 1.29 is 19.4 Å². The molecule has 1 N–H and O–H groups in total. The Labute approximate surface area is 186 Å². The Hall–Kier alpha value is -2.21. The topological polar surface area (TPSA) is 59.0 Å². The summed E-state index contributed by atoms with van der Waals surface area (Å²) in [5.41, 5.74) is 3.54. The summed E-state index contributed by atoms with van der Waals surface area (Å²) in [5.74, 6) is 0.871. The Balaban J connectivity index is 0.000000858. The quantitative estimate of drug-likeness (QED) is 0.693. The molecule has 5 nitrogen and oxygen atoms in total. The van der Waals surface area contributed by atoms with E-state index in [0.717, 1.165) is 38.0 Å². The van der Waals surface area contributed by atoms with E-state index in [9.17, 15) is 5.11 Å². The lowest BCUT2D eigenvalue weighted by Gasteiger charge is -2.33. The molecule has 1 aliphatic carbocycles. The number of piperidine rings is 1. The van der Waals surface area contributed by atoms with Crippen LogP contribution in [0.15, 0.2) is 48.5 Å².